The molecule has 0 atom stereocenters. The van der Waals surface area contributed by atoms with Crippen LogP contribution in [-0.2, 0) is 4.74 Å². The maximum Gasteiger partial charge on any atom is 0.338 e. The van der Waals surface area contributed by atoms with Crippen molar-refractivity contribution in [1.29, 1.82) is 0 Å². The minimum Gasteiger partial charge on any atom is -0.462 e. The van der Waals surface area contributed by atoms with Crippen LogP contribution in [0.3, 0.4) is 0 Å². The summed E-state index contributed by atoms with van der Waals surface area (Å²) in [5.41, 5.74) is 7.35. The van der Waals surface area contributed by atoms with Crippen LogP contribution in [-0.4, -0.2) is 18.5 Å². The Kier molecular flexibility index (Phi) is 3.23. The summed E-state index contributed by atoms with van der Waals surface area (Å²) in [4.78, 5) is 21.9. The topological polar surface area (TPSA) is 67.2 Å². The molecule has 1 N–H and O–H groups in total. The molecular weight excluding hydrogens is 182 g/mol. The van der Waals surface area contributed by atoms with Crippen molar-refractivity contribution >= 4 is 11.9 Å². The van der Waals surface area contributed by atoms with Gasteiger partial charge in [-0.15, -0.1) is 0 Å². The molecule has 0 aliphatic rings. The molecule has 0 saturated heterocycles. The van der Waals surface area contributed by atoms with E-state index in [1.807, 2.05) is 0 Å². The fourth-order valence-electron chi connectivity index (χ4n) is 1.00. The molecule has 14 heavy (non-hydrogen) atoms. The maximum atomic E-state index is 11.2. The average Bonchev–Trinajstić information content (AvgIpc) is 2.18. The minimum atomic E-state index is -0.809. The van der Waals surface area contributed by atoms with Crippen LogP contribution in [0.15, 0.2) is 24.3 Å². The second-order valence-electron chi connectivity index (χ2n) is 2.63. The summed E-state index contributed by atoms with van der Waals surface area (Å²) < 4.78 is 4.75. The molecule has 73 valence electrons. The lowest BCUT2D eigenvalue weighted by molar-refractivity contribution is 0.0526. The Hall–Kier alpha value is -1.84. The van der Waals surface area contributed by atoms with Gasteiger partial charge >= 0.3 is 5.97 Å². The molecule has 0 heterocycles. The predicted octanol–water partition coefficient (Wildman–Crippen LogP) is 1.29. The van der Waals surface area contributed by atoms with E-state index in [0.717, 1.165) is 0 Å². The summed E-state index contributed by atoms with van der Waals surface area (Å²) in [6.07, 6.45) is 0. The number of carbonyl (C=O) groups excluding carboxylic acids is 2. The van der Waals surface area contributed by atoms with Crippen molar-refractivity contribution in [1.82, 2.24) is 5.73 Å². The minimum absolute atomic E-state index is 0.190. The van der Waals surface area contributed by atoms with Crippen LogP contribution in [0.1, 0.15) is 27.6 Å². The summed E-state index contributed by atoms with van der Waals surface area (Å²) in [7, 11) is 0. The molecule has 0 aliphatic carbocycles. The van der Waals surface area contributed by atoms with E-state index in [4.69, 9.17) is 10.5 Å². The van der Waals surface area contributed by atoms with Gasteiger partial charge in [-0.2, -0.15) is 0 Å². The Morgan fingerprint density at radius 1 is 1.36 bits per heavy atom. The maximum absolute atomic E-state index is 11.2. The van der Waals surface area contributed by atoms with Crippen LogP contribution in [0.2, 0.25) is 0 Å². The average molecular weight is 192 g/mol. The van der Waals surface area contributed by atoms with Crippen molar-refractivity contribution in [2.75, 3.05) is 6.61 Å². The van der Waals surface area contributed by atoms with E-state index in [1.54, 1.807) is 19.1 Å². The van der Waals surface area contributed by atoms with Crippen molar-refractivity contribution in [3.8, 4) is 0 Å². The van der Waals surface area contributed by atoms with Gasteiger partial charge in [0.05, 0.1) is 12.2 Å². The van der Waals surface area contributed by atoms with Gasteiger partial charge in [0.25, 0.3) is 5.91 Å². The number of rotatable bonds is 3. The molecule has 0 aliphatic heterocycles. The van der Waals surface area contributed by atoms with E-state index < -0.39 is 11.9 Å². The number of benzene rings is 1. The van der Waals surface area contributed by atoms with Crippen LogP contribution in [0.25, 0.3) is 0 Å². The molecule has 0 unspecified atom stereocenters. The first-order valence-corrected chi connectivity index (χ1v) is 4.18. The third kappa shape index (κ3) is 2.32. The number of hydrogen-bond acceptors (Lipinski definition) is 3. The number of hydrogen-bond donors (Lipinski definition) is 0. The lowest BCUT2D eigenvalue weighted by Crippen LogP contribution is -2.06. The smallest absolute Gasteiger partial charge is 0.338 e. The molecule has 0 aromatic heterocycles. The number of amides is 1. The highest BCUT2D eigenvalue weighted by molar-refractivity contribution is 5.96. The SMILES string of the molecule is CCOC(=O)c1cccc(C([NH])=O)c1. The third-order valence-corrected chi connectivity index (χ3v) is 1.64. The quantitative estimate of drug-likeness (QED) is 0.677. The van der Waals surface area contributed by atoms with E-state index in [0.29, 0.717) is 5.56 Å². The second kappa shape index (κ2) is 4.41. The molecule has 1 aromatic rings. The molecule has 0 spiro atoms. The first kappa shape index (κ1) is 10.2. The second-order valence-corrected chi connectivity index (χ2v) is 2.63. The van der Waals surface area contributed by atoms with E-state index >= 15 is 0 Å². The molecule has 0 saturated carbocycles. The summed E-state index contributed by atoms with van der Waals surface area (Å²) in [6.45, 7) is 2.00. The van der Waals surface area contributed by atoms with Crippen LogP contribution >= 0.6 is 0 Å². The number of esters is 1. The molecular formula is C10H10NO3. The highest BCUT2D eigenvalue weighted by Gasteiger charge is 2.08. The van der Waals surface area contributed by atoms with Gasteiger partial charge < -0.3 is 4.74 Å². The van der Waals surface area contributed by atoms with Crippen molar-refractivity contribution in [2.45, 2.75) is 6.92 Å². The van der Waals surface area contributed by atoms with Crippen LogP contribution in [0.5, 0.6) is 0 Å². The number of nitrogens with one attached hydrogen (secondary N) is 1. The van der Waals surface area contributed by atoms with E-state index in [1.165, 1.54) is 12.1 Å². The fourth-order valence-corrected chi connectivity index (χ4v) is 1.00. The standard InChI is InChI=1S/C10H10NO3/c1-2-14-10(13)8-5-3-4-7(6-8)9(11)12/h3-6,11H,2H2,1H3. The van der Waals surface area contributed by atoms with Crippen LogP contribution < -0.4 is 5.73 Å². The first-order valence-electron chi connectivity index (χ1n) is 4.18. The lowest BCUT2D eigenvalue weighted by atomic mass is 10.1. The highest BCUT2D eigenvalue weighted by Crippen LogP contribution is 2.06. The highest BCUT2D eigenvalue weighted by atomic mass is 16.5. The molecule has 1 aromatic carbocycles. The first-order chi connectivity index (χ1) is 6.65. The van der Waals surface area contributed by atoms with Gasteiger partial charge in [-0.3, -0.25) is 10.5 Å². The van der Waals surface area contributed by atoms with Gasteiger partial charge in [0.2, 0.25) is 0 Å². The normalized spacial score (nSPS) is 9.50. The molecule has 1 rings (SSSR count). The molecule has 1 radical (unpaired) electrons. The van der Waals surface area contributed by atoms with Gasteiger partial charge in [-0.25, -0.2) is 4.79 Å². The molecule has 4 nitrogen and oxygen atoms in total. The predicted molar refractivity (Wildman–Crippen MR) is 49.8 cm³/mol. The zero-order chi connectivity index (χ0) is 10.6. The zero-order valence-corrected chi connectivity index (χ0v) is 7.74. The van der Waals surface area contributed by atoms with Crippen LogP contribution in [0, 0.1) is 0 Å². The van der Waals surface area contributed by atoms with Gasteiger partial charge in [0.15, 0.2) is 0 Å². The molecule has 0 bridgehead atoms. The summed E-state index contributed by atoms with van der Waals surface area (Å²) >= 11 is 0. The Labute approximate surface area is 81.7 Å². The van der Waals surface area contributed by atoms with Crippen LogP contribution in [0.4, 0.5) is 0 Å². The molecule has 0 fully saturated rings. The van der Waals surface area contributed by atoms with Gasteiger partial charge in [0, 0.05) is 5.56 Å². The van der Waals surface area contributed by atoms with Crippen molar-refractivity contribution in [2.24, 2.45) is 0 Å². The van der Waals surface area contributed by atoms with E-state index in [-0.39, 0.29) is 12.2 Å². The Bertz CT molecular complexity index is 360. The largest absolute Gasteiger partial charge is 0.462 e. The summed E-state index contributed by atoms with van der Waals surface area (Å²) in [5.74, 6) is -1.29. The van der Waals surface area contributed by atoms with E-state index in [9.17, 15) is 9.59 Å². The number of carbonyl (C=O) groups is 2. The van der Waals surface area contributed by atoms with E-state index in [2.05, 4.69) is 0 Å². The van der Waals surface area contributed by atoms with Crippen molar-refractivity contribution in [3.63, 3.8) is 0 Å². The summed E-state index contributed by atoms with van der Waals surface area (Å²) in [5, 5.41) is 0. The Morgan fingerprint density at radius 2 is 2.00 bits per heavy atom. The molecule has 4 heteroatoms. The monoisotopic (exact) mass is 192 g/mol. The third-order valence-electron chi connectivity index (χ3n) is 1.64. The Balaban J connectivity index is 2.93. The summed E-state index contributed by atoms with van der Waals surface area (Å²) in [6, 6.07) is 5.93. The van der Waals surface area contributed by atoms with Gasteiger partial charge in [-0.1, -0.05) is 6.07 Å². The lowest BCUT2D eigenvalue weighted by Gasteiger charge is -2.01. The van der Waals surface area contributed by atoms with Gasteiger partial charge in [-0.05, 0) is 25.1 Å². The zero-order valence-electron chi connectivity index (χ0n) is 7.74. The van der Waals surface area contributed by atoms with Crippen molar-refractivity contribution < 1.29 is 14.3 Å². The molecule has 1 amide bonds. The number of ether oxygens (including phenoxy) is 1. The van der Waals surface area contributed by atoms with Crippen molar-refractivity contribution in [3.05, 3.63) is 35.4 Å². The van der Waals surface area contributed by atoms with Gasteiger partial charge in [0.1, 0.15) is 0 Å². The fraction of sp³-hybridized carbons (Fsp3) is 0.200. The Morgan fingerprint density at radius 3 is 2.57 bits per heavy atom.